The molecule has 0 radical (unpaired) electrons. The van der Waals surface area contributed by atoms with Crippen molar-refractivity contribution in [1.82, 2.24) is 9.55 Å². The predicted octanol–water partition coefficient (Wildman–Crippen LogP) is 2.33. The average molecular weight is 334 g/mol. The van der Waals surface area contributed by atoms with Crippen molar-refractivity contribution in [2.24, 2.45) is 0 Å². The fourth-order valence-corrected chi connectivity index (χ4v) is 2.52. The second kappa shape index (κ2) is 7.67. The Balaban J connectivity index is 1.79. The molecule has 1 unspecified atom stereocenters. The molecule has 0 bridgehead atoms. The Kier molecular flexibility index (Phi) is 5.14. The van der Waals surface area contributed by atoms with E-state index >= 15 is 0 Å². The minimum Gasteiger partial charge on any atom is -0.508 e. The van der Waals surface area contributed by atoms with Crippen LogP contribution in [0.5, 0.6) is 5.75 Å². The van der Waals surface area contributed by atoms with E-state index in [1.165, 1.54) is 0 Å². The minimum atomic E-state index is -0.457. The molecule has 5 nitrogen and oxygen atoms in total. The standard InChI is InChI=1S/C20H18N2O3/c23-13-18(22-12-11-21-20(22)14-24)8-3-15-1-4-16(5-2-15)17-6-9-19(25)10-7-17/h1-2,4-7,9-12,18,23-25H,13-14H2. The Morgan fingerprint density at radius 1 is 0.960 bits per heavy atom. The van der Waals surface area contributed by atoms with Crippen LogP contribution < -0.4 is 0 Å². The molecule has 3 aromatic rings. The average Bonchev–Trinajstić information content (AvgIpc) is 3.12. The van der Waals surface area contributed by atoms with Gasteiger partial charge >= 0.3 is 0 Å². The van der Waals surface area contributed by atoms with Crippen LogP contribution in [0.3, 0.4) is 0 Å². The molecule has 3 N–H and O–H groups in total. The monoisotopic (exact) mass is 334 g/mol. The lowest BCUT2D eigenvalue weighted by atomic mass is 10.0. The molecule has 0 aliphatic carbocycles. The van der Waals surface area contributed by atoms with Crippen LogP contribution in [0, 0.1) is 11.8 Å². The van der Waals surface area contributed by atoms with E-state index < -0.39 is 6.04 Å². The zero-order valence-electron chi connectivity index (χ0n) is 13.5. The first kappa shape index (κ1) is 16.8. The van der Waals surface area contributed by atoms with Crippen LogP contribution in [-0.4, -0.2) is 31.5 Å². The van der Waals surface area contributed by atoms with Crippen molar-refractivity contribution < 1.29 is 15.3 Å². The fraction of sp³-hybridized carbons (Fsp3) is 0.150. The molecule has 0 saturated heterocycles. The number of aliphatic hydroxyl groups excluding tert-OH is 2. The maximum Gasteiger partial charge on any atom is 0.135 e. The molecule has 5 heteroatoms. The number of hydrogen-bond donors (Lipinski definition) is 3. The van der Waals surface area contributed by atoms with Crippen LogP contribution in [-0.2, 0) is 6.61 Å². The van der Waals surface area contributed by atoms with Crippen LogP contribution in [0.1, 0.15) is 17.4 Å². The van der Waals surface area contributed by atoms with Crippen molar-refractivity contribution in [2.45, 2.75) is 12.6 Å². The molecule has 1 atom stereocenters. The van der Waals surface area contributed by atoms with E-state index in [1.54, 1.807) is 29.1 Å². The van der Waals surface area contributed by atoms with Crippen LogP contribution in [0.15, 0.2) is 60.9 Å². The van der Waals surface area contributed by atoms with Crippen molar-refractivity contribution >= 4 is 0 Å². The summed E-state index contributed by atoms with van der Waals surface area (Å²) < 4.78 is 1.66. The van der Waals surface area contributed by atoms with Gasteiger partial charge in [0, 0.05) is 18.0 Å². The second-order valence-corrected chi connectivity index (χ2v) is 5.50. The summed E-state index contributed by atoms with van der Waals surface area (Å²) in [4.78, 5) is 4.03. The Morgan fingerprint density at radius 3 is 2.20 bits per heavy atom. The number of imidazole rings is 1. The van der Waals surface area contributed by atoms with Gasteiger partial charge in [0.2, 0.25) is 0 Å². The summed E-state index contributed by atoms with van der Waals surface area (Å²) in [7, 11) is 0. The Bertz CT molecular complexity index is 887. The Labute approximate surface area is 145 Å². The van der Waals surface area contributed by atoms with E-state index in [1.807, 2.05) is 36.4 Å². The van der Waals surface area contributed by atoms with Crippen molar-refractivity contribution in [2.75, 3.05) is 6.61 Å². The molecule has 126 valence electrons. The van der Waals surface area contributed by atoms with Crippen molar-refractivity contribution in [3.63, 3.8) is 0 Å². The second-order valence-electron chi connectivity index (χ2n) is 5.50. The van der Waals surface area contributed by atoms with Gasteiger partial charge in [-0.25, -0.2) is 4.98 Å². The quantitative estimate of drug-likeness (QED) is 0.640. The Morgan fingerprint density at radius 2 is 1.60 bits per heavy atom. The van der Waals surface area contributed by atoms with E-state index in [0.29, 0.717) is 5.82 Å². The van der Waals surface area contributed by atoms with E-state index in [-0.39, 0.29) is 19.0 Å². The number of nitrogens with zero attached hydrogens (tertiary/aromatic N) is 2. The molecule has 0 saturated carbocycles. The third-order valence-electron chi connectivity index (χ3n) is 3.87. The van der Waals surface area contributed by atoms with Gasteiger partial charge in [-0.05, 0) is 35.4 Å². The summed E-state index contributed by atoms with van der Waals surface area (Å²) in [5.41, 5.74) is 2.87. The van der Waals surface area contributed by atoms with Gasteiger partial charge in [0.15, 0.2) is 0 Å². The maximum atomic E-state index is 9.56. The van der Waals surface area contributed by atoms with Gasteiger partial charge in [0.25, 0.3) is 0 Å². The van der Waals surface area contributed by atoms with Gasteiger partial charge < -0.3 is 19.9 Å². The third kappa shape index (κ3) is 3.89. The molecule has 3 rings (SSSR count). The van der Waals surface area contributed by atoms with Crippen molar-refractivity contribution in [1.29, 1.82) is 0 Å². The number of aliphatic hydroxyl groups is 2. The van der Waals surface area contributed by atoms with Gasteiger partial charge in [-0.1, -0.05) is 36.1 Å². The molecule has 0 amide bonds. The highest BCUT2D eigenvalue weighted by atomic mass is 16.3. The van der Waals surface area contributed by atoms with Crippen molar-refractivity contribution in [3.05, 3.63) is 72.3 Å². The smallest absolute Gasteiger partial charge is 0.135 e. The number of phenols is 1. The van der Waals surface area contributed by atoms with Crippen LogP contribution in [0.2, 0.25) is 0 Å². The molecular formula is C20H18N2O3. The molecule has 1 heterocycles. The van der Waals surface area contributed by atoms with Gasteiger partial charge in [-0.2, -0.15) is 0 Å². The van der Waals surface area contributed by atoms with E-state index in [4.69, 9.17) is 0 Å². The lowest BCUT2D eigenvalue weighted by molar-refractivity contribution is 0.235. The summed E-state index contributed by atoms with van der Waals surface area (Å²) in [6.45, 7) is -0.367. The molecular weight excluding hydrogens is 316 g/mol. The highest BCUT2D eigenvalue weighted by Gasteiger charge is 2.10. The number of aromatic hydroxyl groups is 1. The summed E-state index contributed by atoms with van der Waals surface area (Å²) in [6, 6.07) is 14.3. The normalized spacial score (nSPS) is 11.6. The van der Waals surface area contributed by atoms with Crippen LogP contribution in [0.25, 0.3) is 11.1 Å². The highest BCUT2D eigenvalue weighted by molar-refractivity contribution is 5.65. The van der Waals surface area contributed by atoms with Gasteiger partial charge in [-0.3, -0.25) is 0 Å². The lowest BCUT2D eigenvalue weighted by Crippen LogP contribution is -2.13. The third-order valence-corrected chi connectivity index (χ3v) is 3.87. The fourth-order valence-electron chi connectivity index (χ4n) is 2.52. The first-order chi connectivity index (χ1) is 12.2. The predicted molar refractivity (Wildman–Crippen MR) is 94.7 cm³/mol. The zero-order chi connectivity index (χ0) is 17.6. The summed E-state index contributed by atoms with van der Waals surface area (Å²) in [5.74, 6) is 6.76. The SMILES string of the molecule is OCc1nccn1C(C#Cc1ccc(-c2ccc(O)cc2)cc1)CO. The topological polar surface area (TPSA) is 78.5 Å². The molecule has 0 fully saturated rings. The molecule has 0 aliphatic heterocycles. The molecule has 2 aromatic carbocycles. The van der Waals surface area contributed by atoms with E-state index in [2.05, 4.69) is 16.8 Å². The Hall–Kier alpha value is -3.07. The van der Waals surface area contributed by atoms with Crippen LogP contribution in [0.4, 0.5) is 0 Å². The molecule has 1 aromatic heterocycles. The first-order valence-corrected chi connectivity index (χ1v) is 7.85. The first-order valence-electron chi connectivity index (χ1n) is 7.85. The summed E-state index contributed by atoms with van der Waals surface area (Å²) in [6.07, 6.45) is 3.26. The lowest BCUT2D eigenvalue weighted by Gasteiger charge is -2.11. The number of rotatable bonds is 4. The number of phenolic OH excluding ortho intramolecular Hbond substituents is 1. The summed E-state index contributed by atoms with van der Waals surface area (Å²) >= 11 is 0. The molecule has 25 heavy (non-hydrogen) atoms. The molecule has 0 aliphatic rings. The maximum absolute atomic E-state index is 9.56. The number of aromatic nitrogens is 2. The van der Waals surface area contributed by atoms with Gasteiger partial charge in [0.05, 0.1) is 6.61 Å². The zero-order valence-corrected chi connectivity index (χ0v) is 13.5. The van der Waals surface area contributed by atoms with E-state index in [0.717, 1.165) is 16.7 Å². The van der Waals surface area contributed by atoms with Gasteiger partial charge in [-0.15, -0.1) is 0 Å². The van der Waals surface area contributed by atoms with Crippen molar-refractivity contribution in [3.8, 4) is 28.7 Å². The summed E-state index contributed by atoms with van der Waals surface area (Å²) in [5, 5.41) is 28.2. The number of hydrogen-bond acceptors (Lipinski definition) is 4. The largest absolute Gasteiger partial charge is 0.508 e. The van der Waals surface area contributed by atoms with E-state index in [9.17, 15) is 15.3 Å². The number of benzene rings is 2. The van der Waals surface area contributed by atoms with Crippen LogP contribution >= 0.6 is 0 Å². The van der Waals surface area contributed by atoms with Gasteiger partial charge in [0.1, 0.15) is 24.2 Å². The minimum absolute atomic E-state index is 0.165. The highest BCUT2D eigenvalue weighted by Crippen LogP contribution is 2.22. The molecule has 0 spiro atoms.